The number of hydrogen-bond acceptors (Lipinski definition) is 5. The Bertz CT molecular complexity index is 688. The number of rotatable bonds is 4. The smallest absolute Gasteiger partial charge is 0.338 e. The molecular formula is C13H10N2O4S. The van der Waals surface area contributed by atoms with Crippen molar-refractivity contribution >= 4 is 23.4 Å². The summed E-state index contributed by atoms with van der Waals surface area (Å²) in [6, 6.07) is 7.75. The number of carboxylic acids is 1. The van der Waals surface area contributed by atoms with Crippen LogP contribution in [0.3, 0.4) is 0 Å². The van der Waals surface area contributed by atoms with Crippen LogP contribution in [-0.2, 0) is 0 Å². The third-order valence-electron chi connectivity index (χ3n) is 2.61. The summed E-state index contributed by atoms with van der Waals surface area (Å²) in [6.07, 6.45) is 1.48. The van der Waals surface area contributed by atoms with Gasteiger partial charge in [0.1, 0.15) is 5.03 Å². The van der Waals surface area contributed by atoms with Gasteiger partial charge in [-0.15, -0.1) is 0 Å². The fraction of sp³-hybridized carbons (Fsp3) is 0.0769. The van der Waals surface area contributed by atoms with Crippen LogP contribution in [0.15, 0.2) is 46.5 Å². The predicted octanol–water partition coefficient (Wildman–Crippen LogP) is 3.15. The van der Waals surface area contributed by atoms with E-state index in [1.807, 2.05) is 0 Å². The average molecular weight is 290 g/mol. The topological polar surface area (TPSA) is 93.3 Å². The molecule has 7 heteroatoms. The van der Waals surface area contributed by atoms with Crippen molar-refractivity contribution in [3.05, 3.63) is 57.8 Å². The molecule has 0 radical (unpaired) electrons. The molecule has 0 aliphatic rings. The van der Waals surface area contributed by atoms with E-state index in [0.717, 1.165) is 11.8 Å². The van der Waals surface area contributed by atoms with E-state index in [0.29, 0.717) is 10.5 Å². The molecule has 0 fully saturated rings. The lowest BCUT2D eigenvalue weighted by Gasteiger charge is -2.07. The molecule has 0 amide bonds. The number of nitrogens with zero attached hydrogens (tertiary/aromatic N) is 2. The molecule has 0 saturated heterocycles. The lowest BCUT2D eigenvalue weighted by Crippen LogP contribution is -2.04. The van der Waals surface area contributed by atoms with E-state index in [2.05, 4.69) is 4.98 Å². The maximum absolute atomic E-state index is 11.3. The molecule has 0 unspecified atom stereocenters. The maximum Gasteiger partial charge on any atom is 0.338 e. The Morgan fingerprint density at radius 1 is 1.35 bits per heavy atom. The number of nitro benzene ring substituents is 1. The van der Waals surface area contributed by atoms with Gasteiger partial charge in [0.2, 0.25) is 0 Å². The van der Waals surface area contributed by atoms with Crippen LogP contribution in [0.5, 0.6) is 0 Å². The van der Waals surface area contributed by atoms with Crippen LogP contribution in [0.1, 0.15) is 15.9 Å². The summed E-state index contributed by atoms with van der Waals surface area (Å²) >= 11 is 0.978. The van der Waals surface area contributed by atoms with Gasteiger partial charge in [-0.1, -0.05) is 23.9 Å². The Morgan fingerprint density at radius 2 is 2.05 bits per heavy atom. The molecule has 1 heterocycles. The SMILES string of the molecule is Cc1ccnc(Sc2ccccc2[N+](=O)[O-])c1C(=O)O. The van der Waals surface area contributed by atoms with Gasteiger partial charge in [-0.2, -0.15) is 0 Å². The molecule has 102 valence electrons. The highest BCUT2D eigenvalue weighted by Crippen LogP contribution is 2.35. The van der Waals surface area contributed by atoms with Crippen molar-refractivity contribution in [2.75, 3.05) is 0 Å². The summed E-state index contributed by atoms with van der Waals surface area (Å²) in [5.74, 6) is -1.10. The highest BCUT2D eigenvalue weighted by atomic mass is 32.2. The fourth-order valence-electron chi connectivity index (χ4n) is 1.67. The van der Waals surface area contributed by atoms with Crippen molar-refractivity contribution in [3.63, 3.8) is 0 Å². The number of pyridine rings is 1. The molecule has 2 rings (SSSR count). The molecule has 0 aliphatic carbocycles. The second kappa shape index (κ2) is 5.70. The van der Waals surface area contributed by atoms with E-state index in [9.17, 15) is 20.0 Å². The normalized spacial score (nSPS) is 10.2. The zero-order chi connectivity index (χ0) is 14.7. The minimum atomic E-state index is -1.10. The van der Waals surface area contributed by atoms with E-state index in [1.54, 1.807) is 31.2 Å². The summed E-state index contributed by atoms with van der Waals surface area (Å²) in [6.45, 7) is 1.66. The van der Waals surface area contributed by atoms with Gasteiger partial charge in [0.05, 0.1) is 15.4 Å². The number of aromatic nitrogens is 1. The van der Waals surface area contributed by atoms with E-state index in [1.165, 1.54) is 12.3 Å². The molecule has 1 aromatic carbocycles. The number of para-hydroxylation sites is 1. The molecule has 0 saturated carbocycles. The molecule has 0 spiro atoms. The Balaban J connectivity index is 2.49. The maximum atomic E-state index is 11.3. The quantitative estimate of drug-likeness (QED) is 0.686. The summed E-state index contributed by atoms with van der Waals surface area (Å²) in [7, 11) is 0. The van der Waals surface area contributed by atoms with Gasteiger partial charge < -0.3 is 5.11 Å². The predicted molar refractivity (Wildman–Crippen MR) is 73.2 cm³/mol. The zero-order valence-electron chi connectivity index (χ0n) is 10.4. The first-order chi connectivity index (χ1) is 9.50. The van der Waals surface area contributed by atoms with Gasteiger partial charge in [-0.25, -0.2) is 9.78 Å². The molecule has 0 bridgehead atoms. The van der Waals surface area contributed by atoms with Crippen LogP contribution in [0.4, 0.5) is 5.69 Å². The highest BCUT2D eigenvalue weighted by molar-refractivity contribution is 7.99. The number of nitro groups is 1. The molecule has 2 aromatic rings. The minimum absolute atomic E-state index is 0.0654. The van der Waals surface area contributed by atoms with Crippen LogP contribution in [0.25, 0.3) is 0 Å². The van der Waals surface area contributed by atoms with E-state index in [4.69, 9.17) is 0 Å². The second-order valence-electron chi connectivity index (χ2n) is 3.94. The lowest BCUT2D eigenvalue weighted by molar-refractivity contribution is -0.387. The van der Waals surface area contributed by atoms with Gasteiger partial charge in [0.15, 0.2) is 0 Å². The lowest BCUT2D eigenvalue weighted by atomic mass is 10.2. The molecule has 1 N–H and O–H groups in total. The van der Waals surface area contributed by atoms with Crippen LogP contribution in [0.2, 0.25) is 0 Å². The van der Waals surface area contributed by atoms with E-state index in [-0.39, 0.29) is 16.3 Å². The van der Waals surface area contributed by atoms with E-state index < -0.39 is 10.9 Å². The molecular weight excluding hydrogens is 280 g/mol. The zero-order valence-corrected chi connectivity index (χ0v) is 11.3. The molecule has 1 aromatic heterocycles. The highest BCUT2D eigenvalue weighted by Gasteiger charge is 2.19. The molecule has 0 atom stereocenters. The minimum Gasteiger partial charge on any atom is -0.478 e. The first kappa shape index (κ1) is 14.0. The Morgan fingerprint density at radius 3 is 2.70 bits per heavy atom. The third-order valence-corrected chi connectivity index (χ3v) is 3.67. The first-order valence-corrected chi connectivity index (χ1v) is 6.42. The largest absolute Gasteiger partial charge is 0.478 e. The van der Waals surface area contributed by atoms with Crippen LogP contribution >= 0.6 is 11.8 Å². The van der Waals surface area contributed by atoms with Gasteiger partial charge >= 0.3 is 5.97 Å². The van der Waals surface area contributed by atoms with Gasteiger partial charge in [-0.3, -0.25) is 10.1 Å². The Kier molecular flexibility index (Phi) is 3.99. The molecule has 20 heavy (non-hydrogen) atoms. The number of carboxylic acid groups (broad SMARTS) is 1. The van der Waals surface area contributed by atoms with Crippen molar-refractivity contribution in [2.45, 2.75) is 16.8 Å². The van der Waals surface area contributed by atoms with Gasteiger partial charge in [0, 0.05) is 12.3 Å². The van der Waals surface area contributed by atoms with Crippen molar-refractivity contribution in [1.82, 2.24) is 4.98 Å². The van der Waals surface area contributed by atoms with Gasteiger partial charge in [0.25, 0.3) is 5.69 Å². The second-order valence-corrected chi connectivity index (χ2v) is 4.97. The number of hydrogen-bond donors (Lipinski definition) is 1. The van der Waals surface area contributed by atoms with Crippen molar-refractivity contribution in [3.8, 4) is 0 Å². The van der Waals surface area contributed by atoms with Crippen LogP contribution in [0, 0.1) is 17.0 Å². The number of aromatic carboxylic acids is 1. The van der Waals surface area contributed by atoms with Crippen molar-refractivity contribution < 1.29 is 14.8 Å². The average Bonchev–Trinajstić information content (AvgIpc) is 2.38. The van der Waals surface area contributed by atoms with E-state index >= 15 is 0 Å². The van der Waals surface area contributed by atoms with Gasteiger partial charge in [-0.05, 0) is 24.6 Å². The summed E-state index contributed by atoms with van der Waals surface area (Å²) in [4.78, 5) is 26.1. The number of aryl methyl sites for hydroxylation is 1. The molecule has 6 nitrogen and oxygen atoms in total. The summed E-state index contributed by atoms with van der Waals surface area (Å²) in [5.41, 5.74) is 0.557. The summed E-state index contributed by atoms with van der Waals surface area (Å²) in [5, 5.41) is 20.4. The Hall–Kier alpha value is -2.41. The fourth-order valence-corrected chi connectivity index (χ4v) is 2.74. The molecule has 0 aliphatic heterocycles. The monoisotopic (exact) mass is 290 g/mol. The van der Waals surface area contributed by atoms with Crippen LogP contribution < -0.4 is 0 Å². The summed E-state index contributed by atoms with van der Waals surface area (Å²) < 4.78 is 0. The number of carbonyl (C=O) groups is 1. The standard InChI is InChI=1S/C13H10N2O4S/c1-8-6-7-14-12(11(8)13(16)17)20-10-5-3-2-4-9(10)15(18)19/h2-7H,1H3,(H,16,17). The Labute approximate surface area is 118 Å². The first-order valence-electron chi connectivity index (χ1n) is 5.61. The van der Waals surface area contributed by atoms with Crippen LogP contribution in [-0.4, -0.2) is 21.0 Å². The van der Waals surface area contributed by atoms with Crippen molar-refractivity contribution in [2.24, 2.45) is 0 Å². The number of benzene rings is 1. The third kappa shape index (κ3) is 2.77. The van der Waals surface area contributed by atoms with Crippen molar-refractivity contribution in [1.29, 1.82) is 0 Å².